The number of carboxylic acids is 2. The minimum Gasteiger partial charge on any atom is -0.491 e. The summed E-state index contributed by atoms with van der Waals surface area (Å²) in [6, 6.07) is 28.1. The maximum absolute atomic E-state index is 12.3. The molecule has 0 bridgehead atoms. The first kappa shape index (κ1) is 40.4. The van der Waals surface area contributed by atoms with Gasteiger partial charge in [-0.3, -0.25) is 9.59 Å². The van der Waals surface area contributed by atoms with Gasteiger partial charge in [-0.2, -0.15) is 0 Å². The highest BCUT2D eigenvalue weighted by molar-refractivity contribution is 7.99. The fourth-order valence-corrected chi connectivity index (χ4v) is 6.66. The van der Waals surface area contributed by atoms with E-state index in [0.29, 0.717) is 6.04 Å². The van der Waals surface area contributed by atoms with Gasteiger partial charge in [0.15, 0.2) is 10.9 Å². The molecule has 0 aliphatic carbocycles. The van der Waals surface area contributed by atoms with Gasteiger partial charge in [-0.05, 0) is 75.6 Å². The third-order valence-electron chi connectivity index (χ3n) is 8.57. The number of hydrogen-bond donors (Lipinski definition) is 3. The number of para-hydroxylation sites is 2. The summed E-state index contributed by atoms with van der Waals surface area (Å²) in [6.45, 7) is 2.78. The molecule has 0 fully saturated rings. The monoisotopic (exact) mass is 788 g/mol. The van der Waals surface area contributed by atoms with Crippen molar-refractivity contribution in [3.8, 4) is 11.5 Å². The molecule has 0 spiro atoms. The third-order valence-corrected chi connectivity index (χ3v) is 9.70. The van der Waals surface area contributed by atoms with Crippen molar-refractivity contribution in [2.75, 3.05) is 38.8 Å². The normalized spacial score (nSPS) is 12.8. The van der Waals surface area contributed by atoms with Crippen molar-refractivity contribution < 1.29 is 43.2 Å². The summed E-state index contributed by atoms with van der Waals surface area (Å²) in [6.07, 6.45) is -1.14. The summed E-state index contributed by atoms with van der Waals surface area (Å²) in [5.74, 6) is -3.42. The molecule has 2 atom stereocenters. The van der Waals surface area contributed by atoms with E-state index in [9.17, 15) is 24.3 Å². The number of ether oxygens (including phenoxy) is 2. The molecular formula is C40H37ClN2O11S. The number of rotatable bonds is 11. The molecular weight excluding hydrogens is 752 g/mol. The number of carboxylic acid groups (broad SMARTS) is 2. The molecule has 55 heavy (non-hydrogen) atoms. The number of halogens is 1. The third kappa shape index (κ3) is 9.30. The summed E-state index contributed by atoms with van der Waals surface area (Å²) in [4.78, 5) is 53.9. The van der Waals surface area contributed by atoms with Crippen molar-refractivity contribution in [1.82, 2.24) is 4.90 Å². The number of aromatic carboxylic acids is 2. The Bertz CT molecular complexity index is 2420. The number of anilines is 2. The number of nitrogens with zero attached hydrogens (tertiary/aromatic N) is 2. The van der Waals surface area contributed by atoms with Gasteiger partial charge < -0.3 is 43.4 Å². The van der Waals surface area contributed by atoms with Gasteiger partial charge in [-0.1, -0.05) is 42.1 Å². The van der Waals surface area contributed by atoms with Crippen molar-refractivity contribution in [3.63, 3.8) is 0 Å². The Kier molecular flexibility index (Phi) is 12.9. The van der Waals surface area contributed by atoms with E-state index in [1.165, 1.54) is 57.6 Å². The number of fused-ring (bicyclic) bond motifs is 4. The predicted molar refractivity (Wildman–Crippen MR) is 210 cm³/mol. The lowest BCUT2D eigenvalue weighted by Crippen LogP contribution is -2.37. The summed E-state index contributed by atoms with van der Waals surface area (Å²) in [5, 5.41) is 28.3. The quantitative estimate of drug-likeness (QED) is 0.125. The van der Waals surface area contributed by atoms with Crippen molar-refractivity contribution in [1.29, 1.82) is 0 Å². The second kappa shape index (κ2) is 17.6. The zero-order chi connectivity index (χ0) is 38.5. The van der Waals surface area contributed by atoms with Gasteiger partial charge in [0.2, 0.25) is 11.5 Å². The summed E-state index contributed by atoms with van der Waals surface area (Å²) in [7, 11) is 4.28. The van der Waals surface area contributed by atoms with Gasteiger partial charge in [0.05, 0.1) is 16.8 Å². The number of benzene rings is 4. The van der Waals surface area contributed by atoms with Crippen LogP contribution < -0.4 is 25.2 Å². The van der Waals surface area contributed by atoms with Crippen molar-refractivity contribution in [2.45, 2.75) is 28.9 Å². The molecule has 1 aliphatic heterocycles. The minimum absolute atomic E-state index is 0. The van der Waals surface area contributed by atoms with Crippen LogP contribution in [-0.2, 0) is 0 Å². The number of aliphatic hydroxyl groups is 1. The first-order valence-corrected chi connectivity index (χ1v) is 17.6. The van der Waals surface area contributed by atoms with Crippen molar-refractivity contribution >= 4 is 69.4 Å². The molecule has 2 aromatic heterocycles. The highest BCUT2D eigenvalue weighted by Crippen LogP contribution is 2.47. The highest BCUT2D eigenvalue weighted by Gasteiger charge is 2.24. The summed E-state index contributed by atoms with van der Waals surface area (Å²) in [5.41, 5.74) is 1.57. The van der Waals surface area contributed by atoms with Crippen LogP contribution in [0.1, 0.15) is 28.0 Å². The Balaban J connectivity index is 0.000000235. The molecule has 0 amide bonds. The van der Waals surface area contributed by atoms with Crippen molar-refractivity contribution in [2.24, 2.45) is 0 Å². The van der Waals surface area contributed by atoms with Crippen LogP contribution in [0.5, 0.6) is 11.5 Å². The van der Waals surface area contributed by atoms with Gasteiger partial charge in [-0.25, -0.2) is 9.59 Å². The van der Waals surface area contributed by atoms with E-state index in [0.717, 1.165) is 18.7 Å². The molecule has 0 saturated heterocycles. The molecule has 286 valence electrons. The minimum atomic E-state index is -1.38. The van der Waals surface area contributed by atoms with Gasteiger partial charge in [0, 0.05) is 34.5 Å². The standard InChI is InChI=1S/C23H16O11.C17H20N2S.ClH/c24-11(9-31-12-4-5-16-13(6-12)14(25)7-19(33-16)22(27)28)10-32-17-2-1-3-18-21(17)15(26)8-20(34-18)23(29)30;1-13(18(2)3)12-19-14-8-4-6-10-16(14)20-17-11-7-5-9-15(17)19;/h1-8,11,24H,9-10H2,(H,27,28)(H,29,30);4-11,13H,12H2,1-3H3;1H/t;13-;/m.1./s1. The molecule has 15 heteroatoms. The van der Waals surface area contributed by atoms with Crippen LogP contribution >= 0.6 is 24.2 Å². The summed E-state index contributed by atoms with van der Waals surface area (Å²) >= 11 is 1.87. The van der Waals surface area contributed by atoms with Crippen LogP contribution in [0.3, 0.4) is 0 Å². The number of aliphatic hydroxyl groups excluding tert-OH is 1. The predicted octanol–water partition coefficient (Wildman–Crippen LogP) is 6.78. The Hall–Kier alpha value is -5.80. The summed E-state index contributed by atoms with van der Waals surface area (Å²) < 4.78 is 21.3. The average molecular weight is 789 g/mol. The molecule has 4 aromatic carbocycles. The largest absolute Gasteiger partial charge is 0.491 e. The smallest absolute Gasteiger partial charge is 0.371 e. The van der Waals surface area contributed by atoms with Crippen molar-refractivity contribution in [3.05, 3.63) is 129 Å². The molecule has 7 rings (SSSR count). The van der Waals surface area contributed by atoms with E-state index in [1.807, 2.05) is 11.8 Å². The van der Waals surface area contributed by atoms with Gasteiger partial charge in [-0.15, -0.1) is 12.4 Å². The van der Waals surface area contributed by atoms with Gasteiger partial charge >= 0.3 is 11.9 Å². The Labute approximate surface area is 324 Å². The maximum atomic E-state index is 12.3. The molecule has 1 aliphatic rings. The second-order valence-corrected chi connectivity index (χ2v) is 13.7. The molecule has 0 radical (unpaired) electrons. The van der Waals surface area contributed by atoms with Crippen LogP contribution in [-0.4, -0.2) is 78.2 Å². The molecule has 3 N–H and O–H groups in total. The Morgan fingerprint density at radius 2 is 1.35 bits per heavy atom. The zero-order valence-electron chi connectivity index (χ0n) is 29.8. The van der Waals surface area contributed by atoms with Crippen LogP contribution in [0, 0.1) is 0 Å². The highest BCUT2D eigenvalue weighted by atomic mass is 35.5. The number of hydrogen-bond acceptors (Lipinski definition) is 12. The average Bonchev–Trinajstić information content (AvgIpc) is 3.16. The van der Waals surface area contributed by atoms with E-state index in [4.69, 9.17) is 28.5 Å². The first-order valence-electron chi connectivity index (χ1n) is 16.7. The lowest BCUT2D eigenvalue weighted by molar-refractivity contribution is 0.0631. The molecule has 3 heterocycles. The van der Waals surface area contributed by atoms with Crippen LogP contribution in [0.25, 0.3) is 21.9 Å². The Morgan fingerprint density at radius 3 is 1.96 bits per heavy atom. The second-order valence-electron chi connectivity index (χ2n) is 12.6. The lowest BCUT2D eigenvalue weighted by Gasteiger charge is -2.36. The lowest BCUT2D eigenvalue weighted by atomic mass is 10.2. The zero-order valence-corrected chi connectivity index (χ0v) is 31.5. The van der Waals surface area contributed by atoms with Crippen LogP contribution in [0.15, 0.2) is 125 Å². The van der Waals surface area contributed by atoms with Crippen LogP contribution in [0.2, 0.25) is 0 Å². The van der Waals surface area contributed by atoms with E-state index >= 15 is 0 Å². The van der Waals surface area contributed by atoms with E-state index in [2.05, 4.69) is 79.3 Å². The van der Waals surface area contributed by atoms with E-state index < -0.39 is 40.4 Å². The van der Waals surface area contributed by atoms with E-state index in [1.54, 1.807) is 0 Å². The molecule has 13 nitrogen and oxygen atoms in total. The van der Waals surface area contributed by atoms with Crippen LogP contribution in [0.4, 0.5) is 11.4 Å². The number of carbonyl (C=O) groups is 2. The molecule has 0 saturated carbocycles. The SMILES string of the molecule is C[C@H](CN1c2ccccc2Sc2ccccc21)N(C)C.Cl.O=C(O)c1cc(=O)c2cc(OCC(O)COc3cccc4oc(C(=O)O)cc(=O)c34)ccc2o1. The molecule has 6 aromatic rings. The first-order chi connectivity index (χ1) is 25.9. The Morgan fingerprint density at radius 1 is 0.764 bits per heavy atom. The topological polar surface area (TPSA) is 180 Å². The fourth-order valence-electron chi connectivity index (χ4n) is 5.57. The maximum Gasteiger partial charge on any atom is 0.371 e. The van der Waals surface area contributed by atoms with Gasteiger partial charge in [0.1, 0.15) is 47.4 Å². The molecule has 1 unspecified atom stereocenters. The van der Waals surface area contributed by atoms with E-state index in [-0.39, 0.29) is 59.1 Å². The van der Waals surface area contributed by atoms with Gasteiger partial charge in [0.25, 0.3) is 0 Å². The number of likely N-dealkylation sites (N-methyl/N-ethyl adjacent to an activating group) is 1. The fraction of sp³-hybridized carbons (Fsp3) is 0.200.